The summed E-state index contributed by atoms with van der Waals surface area (Å²) in [4.78, 5) is 18.9. The highest BCUT2D eigenvalue weighted by atomic mass is 31.2. The minimum atomic E-state index is -4.40. The number of nitrogens with zero attached hydrogens (tertiary/aromatic N) is 1. The van der Waals surface area contributed by atoms with Crippen LogP contribution in [0.2, 0.25) is 0 Å². The van der Waals surface area contributed by atoms with Crippen molar-refractivity contribution in [1.82, 2.24) is 4.90 Å². The first-order valence-electron chi connectivity index (χ1n) is 6.19. The number of hydrogen-bond donors (Lipinski definition) is 3. The molecule has 0 amide bonds. The highest BCUT2D eigenvalue weighted by Gasteiger charge is 2.11. The molecule has 0 heterocycles. The van der Waals surface area contributed by atoms with Crippen LogP contribution >= 0.6 is 7.82 Å². The summed E-state index contributed by atoms with van der Waals surface area (Å²) in [5.41, 5.74) is 0.462. The summed E-state index contributed by atoms with van der Waals surface area (Å²) in [5, 5.41) is 8.57. The molecule has 0 unspecified atom stereocenters. The Morgan fingerprint density at radius 1 is 1.26 bits per heavy atom. The first-order valence-corrected chi connectivity index (χ1v) is 7.72. The maximum absolute atomic E-state index is 10.1. The van der Waals surface area contributed by atoms with E-state index in [1.807, 2.05) is 0 Å². The summed E-state index contributed by atoms with van der Waals surface area (Å²) in [6.07, 6.45) is 2.72. The number of rotatable bonds is 8. The third-order valence-electron chi connectivity index (χ3n) is 2.37. The number of hydrogen-bond acceptors (Lipinski definition) is 4. The number of aliphatic hydroxyl groups excluding tert-OH is 1. The van der Waals surface area contributed by atoms with Crippen LogP contribution in [-0.4, -0.2) is 52.6 Å². The van der Waals surface area contributed by atoms with Crippen LogP contribution in [0.1, 0.15) is 20.8 Å². The quantitative estimate of drug-likeness (QED) is 0.465. The van der Waals surface area contributed by atoms with Gasteiger partial charge >= 0.3 is 7.82 Å². The van der Waals surface area contributed by atoms with E-state index in [1.165, 1.54) is 31.8 Å². The van der Waals surface area contributed by atoms with Crippen molar-refractivity contribution < 1.29 is 24.0 Å². The summed E-state index contributed by atoms with van der Waals surface area (Å²) < 4.78 is 14.2. The normalized spacial score (nSPS) is 12.1. The highest BCUT2D eigenvalue weighted by molar-refractivity contribution is 7.46. The Hall–Kier alpha value is -0.490. The van der Waals surface area contributed by atoms with E-state index in [2.05, 4.69) is 36.8 Å². The second-order valence-electron chi connectivity index (χ2n) is 3.55. The van der Waals surface area contributed by atoms with Crippen molar-refractivity contribution in [3.63, 3.8) is 0 Å². The van der Waals surface area contributed by atoms with Gasteiger partial charge in [-0.2, -0.15) is 0 Å². The molecule has 0 saturated carbocycles. The van der Waals surface area contributed by atoms with Crippen molar-refractivity contribution in [2.24, 2.45) is 0 Å². The van der Waals surface area contributed by atoms with Gasteiger partial charge in [-0.05, 0) is 25.2 Å². The van der Waals surface area contributed by atoms with Crippen molar-refractivity contribution in [1.29, 1.82) is 0 Å². The van der Waals surface area contributed by atoms with Gasteiger partial charge in [-0.1, -0.05) is 39.5 Å². The smallest absolute Gasteiger partial charge is 0.392 e. The van der Waals surface area contributed by atoms with Gasteiger partial charge in [0.1, 0.15) is 0 Å². The molecule has 0 saturated heterocycles. The predicted octanol–water partition coefficient (Wildman–Crippen LogP) is 1.55. The lowest BCUT2D eigenvalue weighted by Crippen LogP contribution is -2.21. The standard InChI is InChI=1S/C6H15N.C6H11O5P/c1-4-7(5-2)6-3;1-2-6(5-7)3-4-11-12(8,9)10/h4-6H2,1-3H3;2-3,7H,1,4-5H2,(H2,8,9,10)/b;6-3+. The van der Waals surface area contributed by atoms with Crippen LogP contribution in [0.3, 0.4) is 0 Å². The van der Waals surface area contributed by atoms with Gasteiger partial charge in [-0.3, -0.25) is 4.52 Å². The first kappa shape index (κ1) is 20.8. The van der Waals surface area contributed by atoms with Crippen molar-refractivity contribution in [2.75, 3.05) is 32.8 Å². The third-order valence-corrected chi connectivity index (χ3v) is 2.86. The Labute approximate surface area is 115 Å². The molecule has 7 heteroatoms. The highest BCUT2D eigenvalue weighted by Crippen LogP contribution is 2.35. The van der Waals surface area contributed by atoms with Gasteiger partial charge in [-0.15, -0.1) is 0 Å². The van der Waals surface area contributed by atoms with Crippen LogP contribution in [0.15, 0.2) is 24.3 Å². The van der Waals surface area contributed by atoms with E-state index in [-0.39, 0.29) is 13.2 Å². The zero-order valence-electron chi connectivity index (χ0n) is 11.9. The predicted molar refractivity (Wildman–Crippen MR) is 76.8 cm³/mol. The molecule has 6 nitrogen and oxygen atoms in total. The molecule has 114 valence electrons. The summed E-state index contributed by atoms with van der Waals surface area (Å²) >= 11 is 0. The van der Waals surface area contributed by atoms with Gasteiger partial charge in [0, 0.05) is 0 Å². The molecule has 0 spiro atoms. The van der Waals surface area contributed by atoms with Crippen LogP contribution in [0, 0.1) is 0 Å². The zero-order valence-corrected chi connectivity index (χ0v) is 12.8. The summed E-state index contributed by atoms with van der Waals surface area (Å²) in [7, 11) is -4.40. The number of aliphatic hydroxyl groups is 1. The fourth-order valence-corrected chi connectivity index (χ4v) is 1.39. The lowest BCUT2D eigenvalue weighted by molar-refractivity contribution is 0.215. The Kier molecular flexibility index (Phi) is 13.7. The second kappa shape index (κ2) is 12.5. The molecule has 0 fully saturated rings. The van der Waals surface area contributed by atoms with E-state index in [0.29, 0.717) is 5.57 Å². The molecular weight excluding hydrogens is 269 g/mol. The molecule has 0 aliphatic carbocycles. The Balaban J connectivity index is 0. The Morgan fingerprint density at radius 3 is 1.95 bits per heavy atom. The largest absolute Gasteiger partial charge is 0.469 e. The minimum absolute atomic E-state index is 0.228. The van der Waals surface area contributed by atoms with Gasteiger partial charge in [0.2, 0.25) is 0 Å². The number of phosphoric acid groups is 1. The zero-order chi connectivity index (χ0) is 15.3. The Bertz CT molecular complexity index is 291. The third kappa shape index (κ3) is 15.5. The molecule has 0 aliphatic heterocycles. The van der Waals surface area contributed by atoms with Crippen LogP contribution in [0.4, 0.5) is 0 Å². The summed E-state index contributed by atoms with van der Waals surface area (Å²) in [6.45, 7) is 13.0. The average molecular weight is 295 g/mol. The van der Waals surface area contributed by atoms with Gasteiger partial charge in [0.15, 0.2) is 0 Å². The molecule has 0 bridgehead atoms. The average Bonchev–Trinajstić information content (AvgIpc) is 2.36. The van der Waals surface area contributed by atoms with E-state index in [4.69, 9.17) is 14.9 Å². The maximum atomic E-state index is 10.1. The van der Waals surface area contributed by atoms with Crippen molar-refractivity contribution in [3.05, 3.63) is 24.3 Å². The first-order chi connectivity index (χ1) is 8.84. The molecule has 0 aromatic heterocycles. The molecule has 0 rings (SSSR count). The summed E-state index contributed by atoms with van der Waals surface area (Å²) in [6, 6.07) is 0. The fraction of sp³-hybridized carbons (Fsp3) is 0.667. The van der Waals surface area contributed by atoms with E-state index >= 15 is 0 Å². The van der Waals surface area contributed by atoms with Crippen LogP contribution in [0.5, 0.6) is 0 Å². The van der Waals surface area contributed by atoms with Crippen molar-refractivity contribution in [2.45, 2.75) is 20.8 Å². The molecule has 3 N–H and O–H groups in total. The van der Waals surface area contributed by atoms with Crippen molar-refractivity contribution in [3.8, 4) is 0 Å². The summed E-state index contributed by atoms with van der Waals surface area (Å²) in [5.74, 6) is 0. The van der Waals surface area contributed by atoms with E-state index < -0.39 is 7.82 Å². The molecule has 19 heavy (non-hydrogen) atoms. The van der Waals surface area contributed by atoms with Gasteiger partial charge < -0.3 is 19.8 Å². The van der Waals surface area contributed by atoms with Crippen LogP contribution in [-0.2, 0) is 9.09 Å². The molecular formula is C12H26NO5P. The van der Waals surface area contributed by atoms with Crippen LogP contribution in [0.25, 0.3) is 0 Å². The van der Waals surface area contributed by atoms with E-state index in [0.717, 1.165) is 0 Å². The van der Waals surface area contributed by atoms with Gasteiger partial charge in [-0.25, -0.2) is 4.57 Å². The lowest BCUT2D eigenvalue weighted by atomic mass is 10.3. The number of phosphoric ester groups is 1. The van der Waals surface area contributed by atoms with Gasteiger partial charge in [0.25, 0.3) is 0 Å². The maximum Gasteiger partial charge on any atom is 0.469 e. The minimum Gasteiger partial charge on any atom is -0.392 e. The SMILES string of the molecule is C=C/C(=C\COP(=O)(O)O)CO.CCN(CC)CC. The lowest BCUT2D eigenvalue weighted by Gasteiger charge is -2.13. The Morgan fingerprint density at radius 2 is 1.74 bits per heavy atom. The molecule has 0 aromatic rings. The molecule has 0 aliphatic rings. The molecule has 0 radical (unpaired) electrons. The fourth-order valence-electron chi connectivity index (χ4n) is 1.12. The van der Waals surface area contributed by atoms with Crippen LogP contribution < -0.4 is 0 Å². The monoisotopic (exact) mass is 295 g/mol. The van der Waals surface area contributed by atoms with Crippen molar-refractivity contribution >= 4 is 7.82 Å². The van der Waals surface area contributed by atoms with E-state index in [9.17, 15) is 4.57 Å². The topological polar surface area (TPSA) is 90.2 Å². The second-order valence-corrected chi connectivity index (χ2v) is 4.79. The molecule has 0 aromatic carbocycles. The van der Waals surface area contributed by atoms with Gasteiger partial charge in [0.05, 0.1) is 13.2 Å². The van der Waals surface area contributed by atoms with E-state index in [1.54, 1.807) is 0 Å². The molecule has 0 atom stereocenters.